The van der Waals surface area contributed by atoms with Crippen molar-refractivity contribution in [3.63, 3.8) is 0 Å². The van der Waals surface area contributed by atoms with E-state index in [0.29, 0.717) is 6.54 Å². The van der Waals surface area contributed by atoms with Crippen LogP contribution in [0.2, 0.25) is 0 Å². The van der Waals surface area contributed by atoms with E-state index >= 15 is 0 Å². The Labute approximate surface area is 108 Å². The van der Waals surface area contributed by atoms with Crippen LogP contribution >= 0.6 is 0 Å². The number of nitrogens with zero attached hydrogens (tertiary/aromatic N) is 1. The van der Waals surface area contributed by atoms with Gasteiger partial charge in [0.15, 0.2) is 0 Å². The molecule has 0 unspecified atom stereocenters. The molecule has 0 atom stereocenters. The second-order valence-corrected chi connectivity index (χ2v) is 5.10. The zero-order valence-electron chi connectivity index (χ0n) is 10.9. The molecular weight excluding hydrogens is 226 g/mol. The fourth-order valence-corrected chi connectivity index (χ4v) is 2.40. The number of aromatic nitrogens is 1. The predicted molar refractivity (Wildman–Crippen MR) is 70.8 cm³/mol. The van der Waals surface area contributed by atoms with E-state index in [0.717, 1.165) is 36.9 Å². The molecule has 1 amide bonds. The smallest absolute Gasteiger partial charge is 0.223 e. The SMILES string of the molecule is Cc1cccnc1CNC(=O)C1CCC(N)CC1. The van der Waals surface area contributed by atoms with Crippen LogP contribution in [0.4, 0.5) is 0 Å². The Morgan fingerprint density at radius 2 is 2.17 bits per heavy atom. The second kappa shape index (κ2) is 5.96. The van der Waals surface area contributed by atoms with Gasteiger partial charge in [-0.05, 0) is 44.2 Å². The van der Waals surface area contributed by atoms with Crippen molar-refractivity contribution in [1.82, 2.24) is 10.3 Å². The number of carbonyl (C=O) groups excluding carboxylic acids is 1. The van der Waals surface area contributed by atoms with E-state index in [1.54, 1.807) is 6.20 Å². The highest BCUT2D eigenvalue weighted by Gasteiger charge is 2.24. The highest BCUT2D eigenvalue weighted by Crippen LogP contribution is 2.23. The summed E-state index contributed by atoms with van der Waals surface area (Å²) in [6.07, 6.45) is 5.50. The highest BCUT2D eigenvalue weighted by molar-refractivity contribution is 5.78. The van der Waals surface area contributed by atoms with E-state index in [2.05, 4.69) is 10.3 Å². The molecule has 0 radical (unpaired) electrons. The summed E-state index contributed by atoms with van der Waals surface area (Å²) in [7, 11) is 0. The summed E-state index contributed by atoms with van der Waals surface area (Å²) in [5, 5.41) is 2.98. The van der Waals surface area contributed by atoms with Crippen molar-refractivity contribution in [2.45, 2.75) is 45.2 Å². The minimum absolute atomic E-state index is 0.133. The molecule has 1 aliphatic rings. The zero-order valence-corrected chi connectivity index (χ0v) is 10.9. The van der Waals surface area contributed by atoms with Crippen molar-refractivity contribution in [3.05, 3.63) is 29.6 Å². The van der Waals surface area contributed by atoms with E-state index in [1.807, 2.05) is 19.1 Å². The van der Waals surface area contributed by atoms with E-state index < -0.39 is 0 Å². The Hall–Kier alpha value is -1.42. The average Bonchev–Trinajstić information content (AvgIpc) is 2.38. The molecule has 0 bridgehead atoms. The molecular formula is C14H21N3O. The Bertz CT molecular complexity index is 411. The molecule has 1 aromatic heterocycles. The van der Waals surface area contributed by atoms with Gasteiger partial charge in [0, 0.05) is 18.2 Å². The minimum Gasteiger partial charge on any atom is -0.350 e. The van der Waals surface area contributed by atoms with Crippen LogP contribution in [0.5, 0.6) is 0 Å². The molecule has 1 heterocycles. The van der Waals surface area contributed by atoms with Crippen LogP contribution in [0.3, 0.4) is 0 Å². The number of carbonyl (C=O) groups is 1. The molecule has 1 aromatic rings. The van der Waals surface area contributed by atoms with E-state index in [-0.39, 0.29) is 17.9 Å². The molecule has 1 saturated carbocycles. The molecule has 2 rings (SSSR count). The lowest BCUT2D eigenvalue weighted by Gasteiger charge is -2.25. The first kappa shape index (κ1) is 13.0. The number of amides is 1. The normalized spacial score (nSPS) is 23.7. The lowest BCUT2D eigenvalue weighted by Crippen LogP contribution is -2.36. The first-order valence-corrected chi connectivity index (χ1v) is 6.60. The van der Waals surface area contributed by atoms with Gasteiger partial charge in [-0.25, -0.2) is 0 Å². The number of rotatable bonds is 3. The second-order valence-electron chi connectivity index (χ2n) is 5.10. The lowest BCUT2D eigenvalue weighted by molar-refractivity contribution is -0.126. The number of aryl methyl sites for hydroxylation is 1. The van der Waals surface area contributed by atoms with Gasteiger partial charge in [-0.3, -0.25) is 9.78 Å². The van der Waals surface area contributed by atoms with Crippen LogP contribution < -0.4 is 11.1 Å². The predicted octanol–water partition coefficient (Wildman–Crippen LogP) is 1.52. The van der Waals surface area contributed by atoms with Gasteiger partial charge in [0.2, 0.25) is 5.91 Å². The maximum atomic E-state index is 12.0. The summed E-state index contributed by atoms with van der Waals surface area (Å²) in [5.41, 5.74) is 7.90. The third-order valence-corrected chi connectivity index (χ3v) is 3.69. The Balaban J connectivity index is 1.83. The quantitative estimate of drug-likeness (QED) is 0.851. The molecule has 18 heavy (non-hydrogen) atoms. The summed E-state index contributed by atoms with van der Waals surface area (Å²) in [6.45, 7) is 2.53. The van der Waals surface area contributed by atoms with Crippen LogP contribution in [0.25, 0.3) is 0 Å². The first-order chi connectivity index (χ1) is 8.66. The van der Waals surface area contributed by atoms with Crippen LogP contribution in [-0.4, -0.2) is 16.9 Å². The maximum Gasteiger partial charge on any atom is 0.223 e. The Kier molecular flexibility index (Phi) is 4.31. The van der Waals surface area contributed by atoms with Crippen molar-refractivity contribution in [1.29, 1.82) is 0 Å². The van der Waals surface area contributed by atoms with Gasteiger partial charge in [-0.2, -0.15) is 0 Å². The monoisotopic (exact) mass is 247 g/mol. The molecule has 1 fully saturated rings. The van der Waals surface area contributed by atoms with Crippen LogP contribution in [0.1, 0.15) is 36.9 Å². The summed E-state index contributed by atoms with van der Waals surface area (Å²) in [6, 6.07) is 4.20. The summed E-state index contributed by atoms with van der Waals surface area (Å²) in [4.78, 5) is 16.3. The first-order valence-electron chi connectivity index (χ1n) is 6.60. The van der Waals surface area contributed by atoms with E-state index in [4.69, 9.17) is 5.73 Å². The van der Waals surface area contributed by atoms with Gasteiger partial charge in [-0.1, -0.05) is 6.07 Å². The van der Waals surface area contributed by atoms with Gasteiger partial charge in [0.25, 0.3) is 0 Å². The number of hydrogen-bond donors (Lipinski definition) is 2. The molecule has 0 aromatic carbocycles. The largest absolute Gasteiger partial charge is 0.350 e. The third-order valence-electron chi connectivity index (χ3n) is 3.69. The van der Waals surface area contributed by atoms with Gasteiger partial charge >= 0.3 is 0 Å². The number of hydrogen-bond acceptors (Lipinski definition) is 3. The molecule has 3 N–H and O–H groups in total. The van der Waals surface area contributed by atoms with Crippen molar-refractivity contribution in [3.8, 4) is 0 Å². The number of pyridine rings is 1. The number of nitrogens with two attached hydrogens (primary N) is 1. The molecule has 1 aliphatic carbocycles. The zero-order chi connectivity index (χ0) is 13.0. The highest BCUT2D eigenvalue weighted by atomic mass is 16.1. The maximum absolute atomic E-state index is 12.0. The standard InChI is InChI=1S/C14H21N3O/c1-10-3-2-8-16-13(10)9-17-14(18)11-4-6-12(15)7-5-11/h2-3,8,11-12H,4-7,9,15H2,1H3,(H,17,18). The molecule has 0 saturated heterocycles. The average molecular weight is 247 g/mol. The lowest BCUT2D eigenvalue weighted by atomic mass is 9.86. The van der Waals surface area contributed by atoms with Crippen molar-refractivity contribution < 1.29 is 4.79 Å². The fourth-order valence-electron chi connectivity index (χ4n) is 2.40. The fraction of sp³-hybridized carbons (Fsp3) is 0.571. The number of nitrogens with one attached hydrogen (secondary N) is 1. The summed E-state index contributed by atoms with van der Waals surface area (Å²) < 4.78 is 0. The van der Waals surface area contributed by atoms with E-state index in [9.17, 15) is 4.79 Å². The van der Waals surface area contributed by atoms with Crippen LogP contribution in [-0.2, 0) is 11.3 Å². The molecule has 0 aliphatic heterocycles. The van der Waals surface area contributed by atoms with Gasteiger partial charge in [0.05, 0.1) is 12.2 Å². The molecule has 4 nitrogen and oxygen atoms in total. The van der Waals surface area contributed by atoms with Crippen LogP contribution in [0, 0.1) is 12.8 Å². The van der Waals surface area contributed by atoms with Crippen LogP contribution in [0.15, 0.2) is 18.3 Å². The third kappa shape index (κ3) is 3.29. The Morgan fingerprint density at radius 3 is 2.83 bits per heavy atom. The van der Waals surface area contributed by atoms with Gasteiger partial charge < -0.3 is 11.1 Å². The summed E-state index contributed by atoms with van der Waals surface area (Å²) in [5.74, 6) is 0.278. The topological polar surface area (TPSA) is 68.0 Å². The van der Waals surface area contributed by atoms with Gasteiger partial charge in [-0.15, -0.1) is 0 Å². The van der Waals surface area contributed by atoms with Crippen molar-refractivity contribution >= 4 is 5.91 Å². The van der Waals surface area contributed by atoms with Crippen molar-refractivity contribution in [2.75, 3.05) is 0 Å². The molecule has 4 heteroatoms. The molecule has 0 spiro atoms. The van der Waals surface area contributed by atoms with Crippen molar-refractivity contribution in [2.24, 2.45) is 11.7 Å². The van der Waals surface area contributed by atoms with E-state index in [1.165, 1.54) is 0 Å². The summed E-state index contributed by atoms with van der Waals surface area (Å²) >= 11 is 0. The minimum atomic E-state index is 0.133. The van der Waals surface area contributed by atoms with Gasteiger partial charge in [0.1, 0.15) is 0 Å². The Morgan fingerprint density at radius 1 is 1.44 bits per heavy atom. The molecule has 98 valence electrons.